The van der Waals surface area contributed by atoms with E-state index in [-0.39, 0.29) is 24.0 Å². The lowest BCUT2D eigenvalue weighted by molar-refractivity contribution is -0.146. The molecule has 1 fully saturated rings. The molecular formula is C18H27NO5. The van der Waals surface area contributed by atoms with E-state index in [9.17, 15) is 9.59 Å². The molecule has 1 unspecified atom stereocenters. The second-order valence-corrected chi connectivity index (χ2v) is 6.98. The number of ether oxygens (including phenoxy) is 3. The van der Waals surface area contributed by atoms with E-state index in [2.05, 4.69) is 0 Å². The SMILES string of the molecule is CCOC(=O)C1C=C2OCCN(C(=O)OC(C)(C)C)[C@@H](C)C2=CC1. The van der Waals surface area contributed by atoms with Crippen molar-refractivity contribution >= 4 is 12.1 Å². The van der Waals surface area contributed by atoms with Crippen LogP contribution in [-0.2, 0) is 19.0 Å². The maximum Gasteiger partial charge on any atom is 0.410 e. The summed E-state index contributed by atoms with van der Waals surface area (Å²) in [5.41, 5.74) is 0.373. The number of rotatable bonds is 2. The standard InChI is InChI=1S/C18H27NO5/c1-6-22-16(20)13-7-8-14-12(2)19(9-10-23-15(14)11-13)17(21)24-18(3,4)5/h8,11-13H,6-7,9-10H2,1-5H3/t12-,13?/m0/s1. The van der Waals surface area contributed by atoms with Gasteiger partial charge in [-0.15, -0.1) is 0 Å². The van der Waals surface area contributed by atoms with Crippen molar-refractivity contribution < 1.29 is 23.8 Å². The highest BCUT2D eigenvalue weighted by atomic mass is 16.6. The van der Waals surface area contributed by atoms with Crippen LogP contribution in [0.3, 0.4) is 0 Å². The van der Waals surface area contributed by atoms with E-state index in [1.165, 1.54) is 0 Å². The predicted octanol–water partition coefficient (Wildman–Crippen LogP) is 3.04. The first kappa shape index (κ1) is 18.4. The molecule has 0 saturated carbocycles. The lowest BCUT2D eigenvalue weighted by Crippen LogP contribution is -2.43. The summed E-state index contributed by atoms with van der Waals surface area (Å²) in [5, 5.41) is 0. The Hall–Kier alpha value is -1.98. The van der Waals surface area contributed by atoms with Crippen molar-refractivity contribution in [1.82, 2.24) is 4.90 Å². The average molecular weight is 337 g/mol. The van der Waals surface area contributed by atoms with Crippen molar-refractivity contribution in [3.63, 3.8) is 0 Å². The third-order valence-corrected chi connectivity index (χ3v) is 3.95. The molecule has 0 spiro atoms. The molecule has 134 valence electrons. The van der Waals surface area contributed by atoms with Crippen LogP contribution in [0, 0.1) is 5.92 Å². The van der Waals surface area contributed by atoms with Crippen LogP contribution in [-0.4, -0.2) is 48.4 Å². The Morgan fingerprint density at radius 1 is 1.38 bits per heavy atom. The highest BCUT2D eigenvalue weighted by Gasteiger charge is 2.34. The number of hydrogen-bond acceptors (Lipinski definition) is 5. The molecule has 2 atom stereocenters. The molecule has 1 heterocycles. The second kappa shape index (κ2) is 7.28. The summed E-state index contributed by atoms with van der Waals surface area (Å²) < 4.78 is 16.3. The fourth-order valence-electron chi connectivity index (χ4n) is 2.81. The van der Waals surface area contributed by atoms with E-state index in [0.29, 0.717) is 31.9 Å². The number of esters is 1. The summed E-state index contributed by atoms with van der Waals surface area (Å²) in [6, 6.07) is -0.170. The van der Waals surface area contributed by atoms with Crippen LogP contribution in [0.5, 0.6) is 0 Å². The highest BCUT2D eigenvalue weighted by molar-refractivity contribution is 5.76. The zero-order valence-electron chi connectivity index (χ0n) is 15.1. The molecule has 2 rings (SSSR count). The van der Waals surface area contributed by atoms with Crippen LogP contribution in [0.4, 0.5) is 4.79 Å². The Kier molecular flexibility index (Phi) is 5.57. The van der Waals surface area contributed by atoms with Gasteiger partial charge in [-0.25, -0.2) is 4.79 Å². The molecule has 6 nitrogen and oxygen atoms in total. The van der Waals surface area contributed by atoms with Gasteiger partial charge in [0.25, 0.3) is 0 Å². The molecule has 1 aliphatic carbocycles. The zero-order chi connectivity index (χ0) is 17.9. The van der Waals surface area contributed by atoms with Crippen molar-refractivity contribution in [2.45, 2.75) is 52.7 Å². The van der Waals surface area contributed by atoms with Gasteiger partial charge in [-0.2, -0.15) is 0 Å². The lowest BCUT2D eigenvalue weighted by Gasteiger charge is -2.31. The number of allylic oxidation sites excluding steroid dienone is 1. The van der Waals surface area contributed by atoms with Gasteiger partial charge in [0.1, 0.15) is 18.0 Å². The number of carbonyl (C=O) groups is 2. The number of carbonyl (C=O) groups excluding carboxylic acids is 2. The lowest BCUT2D eigenvalue weighted by atomic mass is 9.92. The maximum atomic E-state index is 12.4. The summed E-state index contributed by atoms with van der Waals surface area (Å²) in [5.74, 6) is 0.0895. The van der Waals surface area contributed by atoms with Gasteiger partial charge in [-0.3, -0.25) is 9.69 Å². The molecule has 0 aromatic rings. The van der Waals surface area contributed by atoms with E-state index < -0.39 is 5.60 Å². The minimum Gasteiger partial charge on any atom is -0.492 e. The molecule has 0 aromatic carbocycles. The maximum absolute atomic E-state index is 12.4. The fraction of sp³-hybridized carbons (Fsp3) is 0.667. The van der Waals surface area contributed by atoms with Gasteiger partial charge in [-0.05, 0) is 47.1 Å². The van der Waals surface area contributed by atoms with Crippen LogP contribution < -0.4 is 0 Å². The van der Waals surface area contributed by atoms with Crippen molar-refractivity contribution in [1.29, 1.82) is 0 Å². The molecule has 0 N–H and O–H groups in total. The smallest absolute Gasteiger partial charge is 0.410 e. The van der Waals surface area contributed by atoms with Gasteiger partial charge in [0.05, 0.1) is 25.1 Å². The minimum atomic E-state index is -0.543. The van der Waals surface area contributed by atoms with Crippen molar-refractivity contribution in [3.05, 3.63) is 23.5 Å². The third-order valence-electron chi connectivity index (χ3n) is 3.95. The molecule has 0 aromatic heterocycles. The topological polar surface area (TPSA) is 65.1 Å². The number of amides is 1. The monoisotopic (exact) mass is 337 g/mol. The van der Waals surface area contributed by atoms with Crippen molar-refractivity contribution in [2.75, 3.05) is 19.8 Å². The van der Waals surface area contributed by atoms with Gasteiger partial charge in [0, 0.05) is 5.57 Å². The molecular weight excluding hydrogens is 310 g/mol. The zero-order valence-corrected chi connectivity index (χ0v) is 15.1. The van der Waals surface area contributed by atoms with E-state index in [1.807, 2.05) is 39.8 Å². The molecule has 0 bridgehead atoms. The van der Waals surface area contributed by atoms with E-state index in [4.69, 9.17) is 14.2 Å². The van der Waals surface area contributed by atoms with Gasteiger partial charge < -0.3 is 14.2 Å². The van der Waals surface area contributed by atoms with Gasteiger partial charge in [-0.1, -0.05) is 6.08 Å². The molecule has 6 heteroatoms. The summed E-state index contributed by atoms with van der Waals surface area (Å²) in [4.78, 5) is 26.0. The second-order valence-electron chi connectivity index (χ2n) is 6.98. The Morgan fingerprint density at radius 3 is 2.71 bits per heavy atom. The number of fused-ring (bicyclic) bond motifs is 1. The van der Waals surface area contributed by atoms with E-state index >= 15 is 0 Å². The average Bonchev–Trinajstić information content (AvgIpc) is 2.64. The first-order valence-corrected chi connectivity index (χ1v) is 8.44. The minimum absolute atomic E-state index is 0.170. The predicted molar refractivity (Wildman–Crippen MR) is 89.3 cm³/mol. The summed E-state index contributed by atoms with van der Waals surface area (Å²) in [6.07, 6.45) is 3.97. The largest absolute Gasteiger partial charge is 0.492 e. The van der Waals surface area contributed by atoms with Crippen molar-refractivity contribution in [3.8, 4) is 0 Å². The first-order chi connectivity index (χ1) is 11.2. The summed E-state index contributed by atoms with van der Waals surface area (Å²) >= 11 is 0. The molecule has 24 heavy (non-hydrogen) atoms. The Morgan fingerprint density at radius 2 is 2.08 bits per heavy atom. The molecule has 0 radical (unpaired) electrons. The molecule has 1 saturated heterocycles. The first-order valence-electron chi connectivity index (χ1n) is 8.44. The van der Waals surface area contributed by atoms with Gasteiger partial charge >= 0.3 is 12.1 Å². The number of nitrogens with zero attached hydrogens (tertiary/aromatic N) is 1. The quantitative estimate of drug-likeness (QED) is 0.725. The van der Waals surface area contributed by atoms with Gasteiger partial charge in [0.2, 0.25) is 0 Å². The third kappa shape index (κ3) is 4.30. The highest BCUT2D eigenvalue weighted by Crippen LogP contribution is 2.31. The van der Waals surface area contributed by atoms with Crippen LogP contribution in [0.1, 0.15) is 41.0 Å². The van der Waals surface area contributed by atoms with E-state index in [1.54, 1.807) is 11.8 Å². The molecule has 1 amide bonds. The number of hydrogen-bond donors (Lipinski definition) is 0. The van der Waals surface area contributed by atoms with Crippen LogP contribution in [0.15, 0.2) is 23.5 Å². The Balaban J connectivity index is 2.15. The Labute approximate surface area is 143 Å². The Bertz CT molecular complexity index is 558. The van der Waals surface area contributed by atoms with Crippen molar-refractivity contribution in [2.24, 2.45) is 5.92 Å². The molecule has 2 aliphatic rings. The fourth-order valence-corrected chi connectivity index (χ4v) is 2.81. The van der Waals surface area contributed by atoms with Crippen LogP contribution >= 0.6 is 0 Å². The van der Waals surface area contributed by atoms with Crippen LogP contribution in [0.25, 0.3) is 0 Å². The summed E-state index contributed by atoms with van der Waals surface area (Å²) in [6.45, 7) is 10.4. The summed E-state index contributed by atoms with van der Waals surface area (Å²) in [7, 11) is 0. The van der Waals surface area contributed by atoms with E-state index in [0.717, 1.165) is 5.57 Å². The van der Waals surface area contributed by atoms with Crippen LogP contribution in [0.2, 0.25) is 0 Å². The normalized spacial score (nSPS) is 24.0. The molecule has 1 aliphatic heterocycles. The van der Waals surface area contributed by atoms with Gasteiger partial charge in [0.15, 0.2) is 0 Å².